The lowest BCUT2D eigenvalue weighted by atomic mass is 10.1. The van der Waals surface area contributed by atoms with Gasteiger partial charge in [0.05, 0.1) is 16.2 Å². The van der Waals surface area contributed by atoms with E-state index >= 15 is 0 Å². The SMILES string of the molecule is Cc1csc2nc(SCC(=O)c3ccc(Cl)cc3Cl)[nH]c(=O)c12. The second-order valence-electron chi connectivity index (χ2n) is 4.81. The zero-order chi connectivity index (χ0) is 16.6. The van der Waals surface area contributed by atoms with Crippen LogP contribution in [0.4, 0.5) is 0 Å². The molecule has 0 aliphatic heterocycles. The van der Waals surface area contributed by atoms with Crippen LogP contribution in [0.25, 0.3) is 10.2 Å². The summed E-state index contributed by atoms with van der Waals surface area (Å²) in [7, 11) is 0. The van der Waals surface area contributed by atoms with E-state index < -0.39 is 0 Å². The van der Waals surface area contributed by atoms with E-state index in [0.717, 1.165) is 5.56 Å². The highest BCUT2D eigenvalue weighted by molar-refractivity contribution is 7.99. The van der Waals surface area contributed by atoms with Crippen LogP contribution in [-0.4, -0.2) is 21.5 Å². The first-order valence-electron chi connectivity index (χ1n) is 6.55. The second kappa shape index (κ2) is 6.65. The predicted molar refractivity (Wildman–Crippen MR) is 96.5 cm³/mol. The van der Waals surface area contributed by atoms with Gasteiger partial charge in [-0.15, -0.1) is 11.3 Å². The largest absolute Gasteiger partial charge is 0.301 e. The van der Waals surface area contributed by atoms with Crippen LogP contribution in [0.3, 0.4) is 0 Å². The molecule has 2 aromatic heterocycles. The van der Waals surface area contributed by atoms with Crippen molar-refractivity contribution in [2.24, 2.45) is 0 Å². The van der Waals surface area contributed by atoms with E-state index in [1.807, 2.05) is 12.3 Å². The highest BCUT2D eigenvalue weighted by Crippen LogP contribution is 2.25. The molecule has 118 valence electrons. The van der Waals surface area contributed by atoms with E-state index in [-0.39, 0.29) is 17.1 Å². The molecule has 0 saturated carbocycles. The smallest absolute Gasteiger partial charge is 0.260 e. The molecule has 1 aromatic carbocycles. The standard InChI is InChI=1S/C15H10Cl2N2O2S2/c1-7-5-22-14-12(7)13(21)18-15(19-14)23-6-11(20)9-3-2-8(16)4-10(9)17/h2-5H,6H2,1H3,(H,18,19,21). The molecular weight excluding hydrogens is 375 g/mol. The molecule has 3 rings (SSSR count). The summed E-state index contributed by atoms with van der Waals surface area (Å²) >= 11 is 14.4. The Balaban J connectivity index is 1.80. The van der Waals surface area contributed by atoms with E-state index in [0.29, 0.717) is 31.0 Å². The zero-order valence-corrected chi connectivity index (χ0v) is 15.0. The molecule has 1 N–H and O–H groups in total. The maximum absolute atomic E-state index is 12.2. The molecule has 0 radical (unpaired) electrons. The van der Waals surface area contributed by atoms with Crippen molar-refractivity contribution in [3.8, 4) is 0 Å². The molecule has 0 saturated heterocycles. The van der Waals surface area contributed by atoms with Gasteiger partial charge in [0, 0.05) is 10.6 Å². The number of fused-ring (bicyclic) bond motifs is 1. The van der Waals surface area contributed by atoms with Gasteiger partial charge in [-0.1, -0.05) is 35.0 Å². The molecule has 23 heavy (non-hydrogen) atoms. The maximum Gasteiger partial charge on any atom is 0.260 e. The molecule has 8 heteroatoms. The number of thioether (sulfide) groups is 1. The molecule has 0 bridgehead atoms. The zero-order valence-electron chi connectivity index (χ0n) is 11.9. The molecule has 0 fully saturated rings. The first-order chi connectivity index (χ1) is 11.0. The number of nitrogens with zero attached hydrogens (tertiary/aromatic N) is 1. The van der Waals surface area contributed by atoms with Gasteiger partial charge in [0.2, 0.25) is 0 Å². The van der Waals surface area contributed by atoms with Crippen LogP contribution in [0.5, 0.6) is 0 Å². The van der Waals surface area contributed by atoms with E-state index in [9.17, 15) is 9.59 Å². The van der Waals surface area contributed by atoms with Crippen LogP contribution in [-0.2, 0) is 0 Å². The molecule has 0 aliphatic rings. The van der Waals surface area contributed by atoms with Crippen molar-refractivity contribution in [2.45, 2.75) is 12.1 Å². The van der Waals surface area contributed by atoms with Gasteiger partial charge in [0.1, 0.15) is 4.83 Å². The normalized spacial score (nSPS) is 11.1. The van der Waals surface area contributed by atoms with Crippen LogP contribution in [0.1, 0.15) is 15.9 Å². The molecular formula is C15H10Cl2N2O2S2. The van der Waals surface area contributed by atoms with Gasteiger partial charge in [-0.05, 0) is 36.1 Å². The van der Waals surface area contributed by atoms with E-state index in [1.54, 1.807) is 12.1 Å². The molecule has 4 nitrogen and oxygen atoms in total. The number of hydrogen-bond donors (Lipinski definition) is 1. The minimum atomic E-state index is -0.187. The molecule has 0 unspecified atom stereocenters. The Morgan fingerprint density at radius 1 is 1.39 bits per heavy atom. The number of H-pyrrole nitrogens is 1. The lowest BCUT2D eigenvalue weighted by molar-refractivity contribution is 0.102. The van der Waals surface area contributed by atoms with Gasteiger partial charge in [-0.2, -0.15) is 0 Å². The number of Topliss-reactive ketones (excluding diaryl/α,β-unsaturated/α-hetero) is 1. The Morgan fingerprint density at radius 3 is 2.91 bits per heavy atom. The highest BCUT2D eigenvalue weighted by atomic mass is 35.5. The topological polar surface area (TPSA) is 62.8 Å². The average Bonchev–Trinajstić information content (AvgIpc) is 2.86. The van der Waals surface area contributed by atoms with Crippen molar-refractivity contribution in [3.05, 3.63) is 55.1 Å². The molecule has 3 aromatic rings. The summed E-state index contributed by atoms with van der Waals surface area (Å²) in [6, 6.07) is 4.74. The van der Waals surface area contributed by atoms with Crippen LogP contribution >= 0.6 is 46.3 Å². The van der Waals surface area contributed by atoms with Crippen molar-refractivity contribution in [2.75, 3.05) is 5.75 Å². The minimum Gasteiger partial charge on any atom is -0.301 e. The van der Waals surface area contributed by atoms with E-state index in [2.05, 4.69) is 9.97 Å². The van der Waals surface area contributed by atoms with E-state index in [1.165, 1.54) is 29.2 Å². The second-order valence-corrected chi connectivity index (χ2v) is 7.47. The number of thiophene rings is 1. The fraction of sp³-hybridized carbons (Fsp3) is 0.133. The van der Waals surface area contributed by atoms with E-state index in [4.69, 9.17) is 23.2 Å². The summed E-state index contributed by atoms with van der Waals surface area (Å²) < 4.78 is 0. The number of hydrogen-bond acceptors (Lipinski definition) is 5. The molecule has 0 atom stereocenters. The van der Waals surface area contributed by atoms with Crippen LogP contribution in [0.15, 0.2) is 33.5 Å². The number of benzene rings is 1. The number of aryl methyl sites for hydroxylation is 1. The Labute approximate surface area is 149 Å². The Kier molecular flexibility index (Phi) is 4.77. The van der Waals surface area contributed by atoms with Crippen LogP contribution in [0.2, 0.25) is 10.0 Å². The number of ketones is 1. The number of carbonyl (C=O) groups is 1. The van der Waals surface area contributed by atoms with Crippen LogP contribution < -0.4 is 5.56 Å². The molecule has 0 amide bonds. The van der Waals surface area contributed by atoms with Crippen molar-refractivity contribution in [3.63, 3.8) is 0 Å². The summed E-state index contributed by atoms with van der Waals surface area (Å²) in [5.41, 5.74) is 1.12. The van der Waals surface area contributed by atoms with Gasteiger partial charge in [-0.3, -0.25) is 9.59 Å². The summed E-state index contributed by atoms with van der Waals surface area (Å²) in [6.45, 7) is 1.87. The van der Waals surface area contributed by atoms with Gasteiger partial charge >= 0.3 is 0 Å². The third-order valence-corrected chi connectivity index (χ3v) is 5.59. The number of aromatic amines is 1. The monoisotopic (exact) mass is 384 g/mol. The lowest BCUT2D eigenvalue weighted by Gasteiger charge is -2.04. The van der Waals surface area contributed by atoms with Crippen molar-refractivity contribution >= 4 is 62.3 Å². The summed E-state index contributed by atoms with van der Waals surface area (Å²) in [5, 5.41) is 3.70. The Bertz CT molecular complexity index is 966. The predicted octanol–water partition coefficient (Wildman–Crippen LogP) is 4.57. The fourth-order valence-corrected chi connectivity index (χ4v) is 4.30. The molecule has 2 heterocycles. The first kappa shape index (κ1) is 16.5. The first-order valence-corrected chi connectivity index (χ1v) is 9.17. The minimum absolute atomic E-state index is 0.125. The molecule has 0 spiro atoms. The van der Waals surface area contributed by atoms with Gasteiger partial charge in [0.25, 0.3) is 5.56 Å². The summed E-state index contributed by atoms with van der Waals surface area (Å²) in [5.74, 6) is -0.0260. The lowest BCUT2D eigenvalue weighted by Crippen LogP contribution is -2.10. The quantitative estimate of drug-likeness (QED) is 0.406. The van der Waals surface area contributed by atoms with Gasteiger partial charge in [0.15, 0.2) is 10.9 Å². The summed E-state index contributed by atoms with van der Waals surface area (Å²) in [6.07, 6.45) is 0. The fourth-order valence-electron chi connectivity index (χ4n) is 2.06. The highest BCUT2D eigenvalue weighted by Gasteiger charge is 2.14. The van der Waals surface area contributed by atoms with Crippen molar-refractivity contribution in [1.29, 1.82) is 0 Å². The number of aromatic nitrogens is 2. The van der Waals surface area contributed by atoms with Gasteiger partial charge in [-0.25, -0.2) is 4.98 Å². The third-order valence-electron chi connectivity index (χ3n) is 3.18. The maximum atomic E-state index is 12.2. The molecule has 0 aliphatic carbocycles. The Morgan fingerprint density at radius 2 is 2.17 bits per heavy atom. The average molecular weight is 385 g/mol. The summed E-state index contributed by atoms with van der Waals surface area (Å²) in [4.78, 5) is 32.1. The third kappa shape index (κ3) is 3.45. The number of halogens is 2. The van der Waals surface area contributed by atoms with Gasteiger partial charge < -0.3 is 4.98 Å². The number of nitrogens with one attached hydrogen (secondary N) is 1. The van der Waals surface area contributed by atoms with Crippen molar-refractivity contribution < 1.29 is 4.79 Å². The number of carbonyl (C=O) groups excluding carboxylic acids is 1. The van der Waals surface area contributed by atoms with Crippen molar-refractivity contribution in [1.82, 2.24) is 9.97 Å². The van der Waals surface area contributed by atoms with Crippen LogP contribution in [0, 0.1) is 6.92 Å². The Hall–Kier alpha value is -1.34. The number of rotatable bonds is 4.